The van der Waals surface area contributed by atoms with Gasteiger partial charge in [0, 0.05) is 18.7 Å². The summed E-state index contributed by atoms with van der Waals surface area (Å²) in [5.74, 6) is -1.83. The van der Waals surface area contributed by atoms with Crippen LogP contribution >= 0.6 is 0 Å². The topological polar surface area (TPSA) is 40.5 Å². The monoisotopic (exact) mass is 319 g/mol. The molecule has 7 heteroatoms. The first-order valence-electron chi connectivity index (χ1n) is 6.99. The minimum atomic E-state index is -4.64. The van der Waals surface area contributed by atoms with Gasteiger partial charge in [-0.15, -0.1) is 0 Å². The van der Waals surface area contributed by atoms with Crippen molar-refractivity contribution in [3.05, 3.63) is 35.1 Å². The Balaban J connectivity index is 2.01. The lowest BCUT2D eigenvalue weighted by molar-refractivity contribution is -0.222. The molecule has 122 valence electrons. The standard InChI is InChI=1S/C15H17F4NO2/c1-9-6-11(8-12(16)7-9)14(22)20-4-2-10(3-5-20)13(21)15(17,18)19/h6-8,10,13,21H,2-5H2,1H3. The number of benzene rings is 1. The zero-order chi connectivity index (χ0) is 16.5. The van der Waals surface area contributed by atoms with Crippen LogP contribution in [0.5, 0.6) is 0 Å². The summed E-state index contributed by atoms with van der Waals surface area (Å²) in [5, 5.41) is 9.25. The smallest absolute Gasteiger partial charge is 0.383 e. The lowest BCUT2D eigenvalue weighted by Crippen LogP contribution is -2.45. The van der Waals surface area contributed by atoms with E-state index in [4.69, 9.17) is 0 Å². The van der Waals surface area contributed by atoms with Gasteiger partial charge in [0.25, 0.3) is 5.91 Å². The van der Waals surface area contributed by atoms with Crippen molar-refractivity contribution in [2.75, 3.05) is 13.1 Å². The van der Waals surface area contributed by atoms with Crippen LogP contribution in [0.25, 0.3) is 0 Å². The van der Waals surface area contributed by atoms with E-state index in [0.29, 0.717) is 5.56 Å². The van der Waals surface area contributed by atoms with E-state index in [1.54, 1.807) is 13.0 Å². The normalized spacial score (nSPS) is 18.4. The molecule has 0 radical (unpaired) electrons. The van der Waals surface area contributed by atoms with Crippen molar-refractivity contribution in [1.82, 2.24) is 4.90 Å². The summed E-state index contributed by atoms with van der Waals surface area (Å²) >= 11 is 0. The fraction of sp³-hybridized carbons (Fsp3) is 0.533. The second kappa shape index (κ2) is 6.24. The molecule has 1 unspecified atom stereocenters. The average molecular weight is 319 g/mol. The van der Waals surface area contributed by atoms with Crippen LogP contribution in [-0.2, 0) is 0 Å². The summed E-state index contributed by atoms with van der Waals surface area (Å²) in [5.41, 5.74) is 0.790. The zero-order valence-corrected chi connectivity index (χ0v) is 12.0. The second-order valence-corrected chi connectivity index (χ2v) is 5.63. The van der Waals surface area contributed by atoms with E-state index in [-0.39, 0.29) is 31.5 Å². The summed E-state index contributed by atoms with van der Waals surface area (Å²) in [6.45, 7) is 1.89. The summed E-state index contributed by atoms with van der Waals surface area (Å²) < 4.78 is 50.7. The molecule has 1 fully saturated rings. The SMILES string of the molecule is Cc1cc(F)cc(C(=O)N2CCC(C(O)C(F)(F)F)CC2)c1. The zero-order valence-electron chi connectivity index (χ0n) is 12.0. The van der Waals surface area contributed by atoms with Crippen LogP contribution in [0.15, 0.2) is 18.2 Å². The Morgan fingerprint density at radius 1 is 1.27 bits per heavy atom. The molecular weight excluding hydrogens is 302 g/mol. The molecule has 0 aliphatic carbocycles. The first-order valence-corrected chi connectivity index (χ1v) is 6.99. The molecule has 0 bridgehead atoms. The number of halogens is 4. The fourth-order valence-corrected chi connectivity index (χ4v) is 2.73. The molecule has 1 aromatic rings. The lowest BCUT2D eigenvalue weighted by Gasteiger charge is -2.34. The average Bonchev–Trinajstić information content (AvgIpc) is 2.44. The largest absolute Gasteiger partial charge is 0.414 e. The molecule has 22 heavy (non-hydrogen) atoms. The molecule has 0 aromatic heterocycles. The van der Waals surface area contributed by atoms with Crippen LogP contribution in [0, 0.1) is 18.7 Å². The predicted octanol–water partition coefficient (Wildman–Crippen LogP) is 2.91. The number of likely N-dealkylation sites (tertiary alicyclic amines) is 1. The molecule has 0 spiro atoms. The molecular formula is C15H17F4NO2. The van der Waals surface area contributed by atoms with Gasteiger partial charge in [0.1, 0.15) is 5.82 Å². The number of alkyl halides is 3. The van der Waals surface area contributed by atoms with Gasteiger partial charge in [0.2, 0.25) is 0 Å². The van der Waals surface area contributed by atoms with Crippen LogP contribution in [0.4, 0.5) is 17.6 Å². The number of amides is 1. The number of aryl methyl sites for hydroxylation is 1. The Bertz CT molecular complexity index is 531. The van der Waals surface area contributed by atoms with Gasteiger partial charge in [0.15, 0.2) is 6.10 Å². The third-order valence-corrected chi connectivity index (χ3v) is 3.90. The van der Waals surface area contributed by atoms with Crippen molar-refractivity contribution in [2.45, 2.75) is 32.0 Å². The van der Waals surface area contributed by atoms with Gasteiger partial charge in [-0.25, -0.2) is 4.39 Å². The van der Waals surface area contributed by atoms with E-state index in [9.17, 15) is 27.5 Å². The van der Waals surface area contributed by atoms with Crippen molar-refractivity contribution in [3.63, 3.8) is 0 Å². The van der Waals surface area contributed by atoms with Crippen molar-refractivity contribution in [3.8, 4) is 0 Å². The maximum absolute atomic E-state index is 13.3. The Labute approximate surface area is 125 Å². The summed E-state index contributed by atoms with van der Waals surface area (Å²) in [4.78, 5) is 13.6. The van der Waals surface area contributed by atoms with Crippen molar-refractivity contribution >= 4 is 5.91 Å². The van der Waals surface area contributed by atoms with E-state index in [2.05, 4.69) is 0 Å². The number of aliphatic hydroxyl groups is 1. The maximum Gasteiger partial charge on any atom is 0.414 e. The van der Waals surface area contributed by atoms with E-state index >= 15 is 0 Å². The number of carbonyl (C=O) groups is 1. The molecule has 1 N–H and O–H groups in total. The van der Waals surface area contributed by atoms with Crippen LogP contribution in [-0.4, -0.2) is 41.3 Å². The van der Waals surface area contributed by atoms with Gasteiger partial charge in [-0.3, -0.25) is 4.79 Å². The number of hydrogen-bond donors (Lipinski definition) is 1. The Morgan fingerprint density at radius 2 is 1.86 bits per heavy atom. The highest BCUT2D eigenvalue weighted by molar-refractivity contribution is 5.94. The molecule has 0 saturated carbocycles. The first-order chi connectivity index (χ1) is 10.2. The predicted molar refractivity (Wildman–Crippen MR) is 71.8 cm³/mol. The highest BCUT2D eigenvalue weighted by atomic mass is 19.4. The Kier molecular flexibility index (Phi) is 4.75. The third kappa shape index (κ3) is 3.76. The molecule has 2 rings (SSSR count). The molecule has 1 atom stereocenters. The van der Waals surface area contributed by atoms with Gasteiger partial charge in [0.05, 0.1) is 0 Å². The van der Waals surface area contributed by atoms with Crippen LogP contribution in [0.1, 0.15) is 28.8 Å². The van der Waals surface area contributed by atoms with Crippen molar-refractivity contribution in [2.24, 2.45) is 5.92 Å². The molecule has 3 nitrogen and oxygen atoms in total. The summed E-state index contributed by atoms with van der Waals surface area (Å²) in [6, 6.07) is 3.96. The highest BCUT2D eigenvalue weighted by Gasteiger charge is 2.44. The van der Waals surface area contributed by atoms with Gasteiger partial charge in [-0.05, 0) is 49.4 Å². The van der Waals surface area contributed by atoms with E-state index in [0.717, 1.165) is 6.07 Å². The molecule has 1 heterocycles. The molecule has 1 amide bonds. The van der Waals surface area contributed by atoms with Crippen molar-refractivity contribution in [1.29, 1.82) is 0 Å². The van der Waals surface area contributed by atoms with Crippen LogP contribution in [0.2, 0.25) is 0 Å². The number of aliphatic hydroxyl groups excluding tert-OH is 1. The Hall–Kier alpha value is -1.63. The van der Waals surface area contributed by atoms with Crippen molar-refractivity contribution < 1.29 is 27.5 Å². The Morgan fingerprint density at radius 3 is 2.36 bits per heavy atom. The number of hydrogen-bond acceptors (Lipinski definition) is 2. The maximum atomic E-state index is 13.3. The fourth-order valence-electron chi connectivity index (χ4n) is 2.73. The van der Waals surface area contributed by atoms with Gasteiger partial charge >= 0.3 is 6.18 Å². The number of carbonyl (C=O) groups excluding carboxylic acids is 1. The highest BCUT2D eigenvalue weighted by Crippen LogP contribution is 2.31. The summed E-state index contributed by atoms with van der Waals surface area (Å²) in [6.07, 6.45) is -6.86. The number of nitrogens with zero attached hydrogens (tertiary/aromatic N) is 1. The minimum Gasteiger partial charge on any atom is -0.383 e. The second-order valence-electron chi connectivity index (χ2n) is 5.63. The van der Waals surface area contributed by atoms with Gasteiger partial charge in [-0.2, -0.15) is 13.2 Å². The number of rotatable bonds is 2. The molecule has 1 aromatic carbocycles. The van der Waals surface area contributed by atoms with E-state index in [1.165, 1.54) is 11.0 Å². The first kappa shape index (κ1) is 16.7. The van der Waals surface area contributed by atoms with Crippen LogP contribution in [0.3, 0.4) is 0 Å². The van der Waals surface area contributed by atoms with Gasteiger partial charge in [-0.1, -0.05) is 0 Å². The molecule has 1 aliphatic heterocycles. The quantitative estimate of drug-likeness (QED) is 0.852. The minimum absolute atomic E-state index is 0.0702. The molecule has 1 aliphatic rings. The van der Waals surface area contributed by atoms with Gasteiger partial charge < -0.3 is 10.0 Å². The summed E-state index contributed by atoms with van der Waals surface area (Å²) in [7, 11) is 0. The third-order valence-electron chi connectivity index (χ3n) is 3.90. The van der Waals surface area contributed by atoms with E-state index in [1.807, 2.05) is 0 Å². The number of piperidine rings is 1. The lowest BCUT2D eigenvalue weighted by atomic mass is 9.90. The van der Waals surface area contributed by atoms with E-state index < -0.39 is 29.9 Å². The van der Waals surface area contributed by atoms with Crippen LogP contribution < -0.4 is 0 Å². The molecule has 1 saturated heterocycles.